The Kier molecular flexibility index (Phi) is 4.14. The molecule has 0 spiro atoms. The van der Waals surface area contributed by atoms with Crippen molar-refractivity contribution in [3.8, 4) is 12.3 Å². The number of hydrogen-bond donors (Lipinski definition) is 1. The molecule has 0 saturated heterocycles. The average Bonchev–Trinajstić information content (AvgIpc) is 2.59. The van der Waals surface area contributed by atoms with Crippen molar-refractivity contribution >= 4 is 0 Å². The van der Waals surface area contributed by atoms with E-state index in [9.17, 15) is 0 Å². The van der Waals surface area contributed by atoms with Crippen LogP contribution in [0.5, 0.6) is 0 Å². The molecule has 0 saturated carbocycles. The van der Waals surface area contributed by atoms with E-state index in [-0.39, 0.29) is 0 Å². The Morgan fingerprint density at radius 1 is 1.71 bits per heavy atom. The van der Waals surface area contributed by atoms with Crippen molar-refractivity contribution in [3.63, 3.8) is 0 Å². The zero-order valence-corrected chi connectivity index (χ0v) is 8.70. The molecule has 76 valence electrons. The number of rotatable bonds is 5. The van der Waals surface area contributed by atoms with Gasteiger partial charge in [-0.15, -0.1) is 17.4 Å². The number of aryl methyl sites for hydroxylation is 1. The normalized spacial score (nSPS) is 12.4. The summed E-state index contributed by atoms with van der Waals surface area (Å²) < 4.78 is 1.76. The highest BCUT2D eigenvalue weighted by Crippen LogP contribution is 1.99. The highest BCUT2D eigenvalue weighted by atomic mass is 15.4. The fourth-order valence-electron chi connectivity index (χ4n) is 1.22. The number of hydrogen-bond acceptors (Lipinski definition) is 3. The van der Waals surface area contributed by atoms with Gasteiger partial charge in [0, 0.05) is 26.1 Å². The van der Waals surface area contributed by atoms with Crippen LogP contribution in [0.25, 0.3) is 0 Å². The number of nitrogens with zero attached hydrogens (tertiary/aromatic N) is 3. The van der Waals surface area contributed by atoms with Gasteiger partial charge in [0.05, 0.1) is 11.9 Å². The maximum Gasteiger partial charge on any atom is 0.0738 e. The maximum absolute atomic E-state index is 5.26. The van der Waals surface area contributed by atoms with E-state index in [1.807, 2.05) is 7.05 Å². The van der Waals surface area contributed by atoms with Gasteiger partial charge in [0.15, 0.2) is 0 Å². The summed E-state index contributed by atoms with van der Waals surface area (Å²) in [4.78, 5) is 0. The van der Waals surface area contributed by atoms with Crippen molar-refractivity contribution in [3.05, 3.63) is 11.9 Å². The van der Waals surface area contributed by atoms with Crippen molar-refractivity contribution in [2.45, 2.75) is 32.4 Å². The molecule has 0 aliphatic carbocycles. The predicted molar refractivity (Wildman–Crippen MR) is 55.4 cm³/mol. The van der Waals surface area contributed by atoms with Crippen LogP contribution in [0, 0.1) is 12.3 Å². The van der Waals surface area contributed by atoms with Crippen LogP contribution in [0.3, 0.4) is 0 Å². The first-order valence-electron chi connectivity index (χ1n) is 4.78. The molecule has 0 fully saturated rings. The van der Waals surface area contributed by atoms with Gasteiger partial charge < -0.3 is 5.32 Å². The van der Waals surface area contributed by atoms with Crippen molar-refractivity contribution in [1.29, 1.82) is 0 Å². The van der Waals surface area contributed by atoms with Gasteiger partial charge in [0.1, 0.15) is 0 Å². The molecule has 1 unspecified atom stereocenters. The second-order valence-corrected chi connectivity index (χ2v) is 3.24. The first-order chi connectivity index (χ1) is 6.77. The lowest BCUT2D eigenvalue weighted by atomic mass is 10.1. The second-order valence-electron chi connectivity index (χ2n) is 3.24. The van der Waals surface area contributed by atoms with Crippen LogP contribution in [0.2, 0.25) is 0 Å². The summed E-state index contributed by atoms with van der Waals surface area (Å²) in [5.74, 6) is 2.66. The Morgan fingerprint density at radius 3 is 3.00 bits per heavy atom. The monoisotopic (exact) mass is 192 g/mol. The second kappa shape index (κ2) is 5.40. The summed E-state index contributed by atoms with van der Waals surface area (Å²) >= 11 is 0. The molecule has 1 aromatic heterocycles. The molecule has 0 aliphatic heterocycles. The van der Waals surface area contributed by atoms with Gasteiger partial charge in [0.25, 0.3) is 0 Å². The van der Waals surface area contributed by atoms with Crippen molar-refractivity contribution in [2.24, 2.45) is 7.05 Å². The van der Waals surface area contributed by atoms with E-state index >= 15 is 0 Å². The molecule has 0 aliphatic rings. The zero-order chi connectivity index (χ0) is 10.4. The summed E-state index contributed by atoms with van der Waals surface area (Å²) in [5, 5.41) is 11.0. The van der Waals surface area contributed by atoms with Gasteiger partial charge in [-0.05, 0) is 6.42 Å². The zero-order valence-electron chi connectivity index (χ0n) is 8.70. The summed E-state index contributed by atoms with van der Waals surface area (Å²) in [5.41, 5.74) is 1.07. The van der Waals surface area contributed by atoms with Gasteiger partial charge in [-0.3, -0.25) is 4.68 Å². The van der Waals surface area contributed by atoms with Crippen LogP contribution < -0.4 is 5.32 Å². The van der Waals surface area contributed by atoms with Crippen molar-refractivity contribution in [2.75, 3.05) is 0 Å². The van der Waals surface area contributed by atoms with Crippen molar-refractivity contribution in [1.82, 2.24) is 20.3 Å². The summed E-state index contributed by atoms with van der Waals surface area (Å²) in [6.45, 7) is 2.89. The van der Waals surface area contributed by atoms with Gasteiger partial charge in [-0.25, -0.2) is 0 Å². The van der Waals surface area contributed by atoms with Gasteiger partial charge in [-0.2, -0.15) is 0 Å². The van der Waals surface area contributed by atoms with Crippen LogP contribution in [0.4, 0.5) is 0 Å². The fraction of sp³-hybridized carbons (Fsp3) is 0.600. The van der Waals surface area contributed by atoms with E-state index in [0.29, 0.717) is 6.04 Å². The largest absolute Gasteiger partial charge is 0.307 e. The summed E-state index contributed by atoms with van der Waals surface area (Å²) in [6.07, 6.45) is 8.83. The Balaban J connectivity index is 2.40. The molecule has 0 amide bonds. The lowest BCUT2D eigenvalue weighted by molar-refractivity contribution is 0.492. The minimum absolute atomic E-state index is 0.384. The Labute approximate surface area is 84.7 Å². The number of terminal acetylenes is 1. The molecule has 4 heteroatoms. The van der Waals surface area contributed by atoms with Gasteiger partial charge in [-0.1, -0.05) is 12.1 Å². The van der Waals surface area contributed by atoms with E-state index in [4.69, 9.17) is 6.42 Å². The summed E-state index contributed by atoms with van der Waals surface area (Å²) in [7, 11) is 1.88. The van der Waals surface area contributed by atoms with E-state index in [0.717, 1.165) is 25.1 Å². The lowest BCUT2D eigenvalue weighted by Gasteiger charge is -2.13. The minimum Gasteiger partial charge on any atom is -0.307 e. The predicted octanol–water partition coefficient (Wildman–Crippen LogP) is 0.707. The third-order valence-corrected chi connectivity index (χ3v) is 2.24. The van der Waals surface area contributed by atoms with Gasteiger partial charge in [0.2, 0.25) is 0 Å². The average molecular weight is 192 g/mol. The molecular formula is C10H16N4. The van der Waals surface area contributed by atoms with Crippen LogP contribution in [0.1, 0.15) is 25.5 Å². The summed E-state index contributed by atoms with van der Waals surface area (Å²) in [6, 6.07) is 0.384. The van der Waals surface area contributed by atoms with Crippen LogP contribution in [-0.2, 0) is 13.6 Å². The van der Waals surface area contributed by atoms with E-state index in [1.165, 1.54) is 0 Å². The van der Waals surface area contributed by atoms with Crippen LogP contribution in [0.15, 0.2) is 6.20 Å². The standard InChI is InChI=1S/C10H16N4/c1-4-6-9(5-2)11-7-10-8-12-13-14(10)3/h1,8-9,11H,5-7H2,2-3H3. The van der Waals surface area contributed by atoms with Crippen LogP contribution in [-0.4, -0.2) is 21.0 Å². The third-order valence-electron chi connectivity index (χ3n) is 2.24. The SMILES string of the molecule is C#CCC(CC)NCc1cnnn1C. The number of aromatic nitrogens is 3. The maximum atomic E-state index is 5.26. The Bertz CT molecular complexity index is 310. The molecule has 0 radical (unpaired) electrons. The fourth-order valence-corrected chi connectivity index (χ4v) is 1.22. The molecule has 1 aromatic rings. The first kappa shape index (κ1) is 10.7. The van der Waals surface area contributed by atoms with Crippen LogP contribution >= 0.6 is 0 Å². The molecule has 1 N–H and O–H groups in total. The Morgan fingerprint density at radius 2 is 2.50 bits per heavy atom. The van der Waals surface area contributed by atoms with E-state index < -0.39 is 0 Å². The molecule has 1 heterocycles. The molecule has 0 bridgehead atoms. The third kappa shape index (κ3) is 2.86. The number of nitrogens with one attached hydrogen (secondary N) is 1. The van der Waals surface area contributed by atoms with Gasteiger partial charge >= 0.3 is 0 Å². The molecular weight excluding hydrogens is 176 g/mol. The van der Waals surface area contributed by atoms with E-state index in [1.54, 1.807) is 10.9 Å². The molecule has 14 heavy (non-hydrogen) atoms. The van der Waals surface area contributed by atoms with Crippen molar-refractivity contribution < 1.29 is 0 Å². The highest BCUT2D eigenvalue weighted by molar-refractivity contribution is 4.95. The Hall–Kier alpha value is -1.34. The van der Waals surface area contributed by atoms with E-state index in [2.05, 4.69) is 28.5 Å². The molecule has 1 atom stereocenters. The molecule has 0 aromatic carbocycles. The highest BCUT2D eigenvalue weighted by Gasteiger charge is 2.05. The smallest absolute Gasteiger partial charge is 0.0738 e. The quantitative estimate of drug-likeness (QED) is 0.699. The first-order valence-corrected chi connectivity index (χ1v) is 4.78. The molecule has 4 nitrogen and oxygen atoms in total. The topological polar surface area (TPSA) is 42.7 Å². The molecule has 1 rings (SSSR count). The minimum atomic E-state index is 0.384. The lowest BCUT2D eigenvalue weighted by Crippen LogP contribution is -2.28.